The Labute approximate surface area is 184 Å². The van der Waals surface area contributed by atoms with Crippen LogP contribution in [0.25, 0.3) is 10.6 Å². The average molecular weight is 465 g/mol. The minimum atomic E-state index is -3.75. The molecule has 1 aromatic heterocycles. The van der Waals surface area contributed by atoms with Crippen molar-refractivity contribution in [3.8, 4) is 10.6 Å². The molecule has 1 amide bonds. The van der Waals surface area contributed by atoms with Crippen LogP contribution >= 0.6 is 22.9 Å². The van der Waals surface area contributed by atoms with Gasteiger partial charge < -0.3 is 0 Å². The van der Waals surface area contributed by atoms with E-state index < -0.39 is 22.0 Å². The van der Waals surface area contributed by atoms with Gasteiger partial charge in [-0.2, -0.15) is 0 Å². The molecule has 3 rings (SSSR count). The standard InChI is InChI=1S/C20H21ClN4O3S2/c1-12-5-8-15(9-6-12)19-23-24-20(29-19)22-18(26)14(3)25(30(4,27)28)17-11-16(21)10-7-13(17)2/h5-11,14H,1-4H3,(H,22,24,26)/t14-/m1/s1. The van der Waals surface area contributed by atoms with E-state index in [1.165, 1.54) is 24.3 Å². The molecule has 0 radical (unpaired) electrons. The highest BCUT2D eigenvalue weighted by atomic mass is 35.5. The molecule has 0 aliphatic heterocycles. The maximum Gasteiger partial charge on any atom is 0.249 e. The number of carbonyl (C=O) groups excluding carboxylic acids is 1. The lowest BCUT2D eigenvalue weighted by molar-refractivity contribution is -0.116. The van der Waals surface area contributed by atoms with E-state index in [1.807, 2.05) is 31.2 Å². The van der Waals surface area contributed by atoms with Gasteiger partial charge in [-0.3, -0.25) is 14.4 Å². The molecule has 10 heteroatoms. The first-order chi connectivity index (χ1) is 14.1. The third-order valence-electron chi connectivity index (χ3n) is 4.45. The molecule has 7 nitrogen and oxygen atoms in total. The molecule has 1 atom stereocenters. The van der Waals surface area contributed by atoms with Crippen molar-refractivity contribution in [2.45, 2.75) is 26.8 Å². The molecule has 0 unspecified atom stereocenters. The Morgan fingerprint density at radius 2 is 1.80 bits per heavy atom. The number of hydrogen-bond acceptors (Lipinski definition) is 6. The third kappa shape index (κ3) is 4.97. The van der Waals surface area contributed by atoms with Gasteiger partial charge in [-0.05, 0) is 38.5 Å². The van der Waals surface area contributed by atoms with Crippen molar-refractivity contribution in [3.05, 3.63) is 58.6 Å². The molecule has 1 heterocycles. The first kappa shape index (κ1) is 22.2. The molecule has 0 aliphatic carbocycles. The summed E-state index contributed by atoms with van der Waals surface area (Å²) < 4.78 is 26.0. The number of nitrogens with zero attached hydrogens (tertiary/aromatic N) is 3. The Hall–Kier alpha value is -2.49. The number of benzene rings is 2. The zero-order valence-electron chi connectivity index (χ0n) is 16.9. The maximum atomic E-state index is 12.8. The van der Waals surface area contributed by atoms with E-state index in [2.05, 4.69) is 15.5 Å². The molecule has 0 spiro atoms. The Bertz CT molecular complexity index is 1180. The number of halogens is 1. The zero-order chi connectivity index (χ0) is 22.1. The molecule has 30 heavy (non-hydrogen) atoms. The van der Waals surface area contributed by atoms with E-state index in [9.17, 15) is 13.2 Å². The minimum absolute atomic E-state index is 0.290. The summed E-state index contributed by atoms with van der Waals surface area (Å²) >= 11 is 7.27. The molecule has 0 saturated heterocycles. The van der Waals surface area contributed by atoms with E-state index in [1.54, 1.807) is 19.1 Å². The van der Waals surface area contributed by atoms with Crippen LogP contribution in [0.4, 0.5) is 10.8 Å². The van der Waals surface area contributed by atoms with Crippen LogP contribution in [0.3, 0.4) is 0 Å². The smallest absolute Gasteiger partial charge is 0.249 e. The van der Waals surface area contributed by atoms with Crippen LogP contribution in [-0.4, -0.2) is 36.8 Å². The highest BCUT2D eigenvalue weighted by molar-refractivity contribution is 7.92. The van der Waals surface area contributed by atoms with Crippen molar-refractivity contribution in [2.24, 2.45) is 0 Å². The second-order valence-electron chi connectivity index (χ2n) is 6.93. The topological polar surface area (TPSA) is 92.3 Å². The fourth-order valence-electron chi connectivity index (χ4n) is 2.90. The molecule has 0 fully saturated rings. The van der Waals surface area contributed by atoms with Gasteiger partial charge in [0.2, 0.25) is 21.1 Å². The van der Waals surface area contributed by atoms with E-state index in [0.717, 1.165) is 21.7 Å². The largest absolute Gasteiger partial charge is 0.299 e. The summed E-state index contributed by atoms with van der Waals surface area (Å²) in [6.07, 6.45) is 1.05. The number of carbonyl (C=O) groups is 1. The molecule has 3 aromatic rings. The summed E-state index contributed by atoms with van der Waals surface area (Å²) in [4.78, 5) is 12.8. The predicted molar refractivity (Wildman–Crippen MR) is 122 cm³/mol. The average Bonchev–Trinajstić information content (AvgIpc) is 3.12. The van der Waals surface area contributed by atoms with Crippen molar-refractivity contribution in [3.63, 3.8) is 0 Å². The van der Waals surface area contributed by atoms with Crippen LogP contribution in [-0.2, 0) is 14.8 Å². The first-order valence-corrected chi connectivity index (χ1v) is 12.1. The number of aryl methyl sites for hydroxylation is 2. The lowest BCUT2D eigenvalue weighted by atomic mass is 10.2. The lowest BCUT2D eigenvalue weighted by Crippen LogP contribution is -2.45. The summed E-state index contributed by atoms with van der Waals surface area (Å²) in [6, 6.07) is 11.7. The molecule has 0 saturated carbocycles. The number of hydrogen-bond donors (Lipinski definition) is 1. The molecular weight excluding hydrogens is 444 g/mol. The highest BCUT2D eigenvalue weighted by Gasteiger charge is 2.31. The van der Waals surface area contributed by atoms with Crippen LogP contribution in [0.5, 0.6) is 0 Å². The third-order valence-corrected chi connectivity index (χ3v) is 6.80. The molecule has 2 aromatic carbocycles. The van der Waals surface area contributed by atoms with Gasteiger partial charge in [0.05, 0.1) is 11.9 Å². The van der Waals surface area contributed by atoms with Crippen molar-refractivity contribution < 1.29 is 13.2 Å². The number of sulfonamides is 1. The Morgan fingerprint density at radius 1 is 1.13 bits per heavy atom. The van der Waals surface area contributed by atoms with Gasteiger partial charge in [-0.25, -0.2) is 8.42 Å². The van der Waals surface area contributed by atoms with Gasteiger partial charge in [0, 0.05) is 10.6 Å². The van der Waals surface area contributed by atoms with Gasteiger partial charge in [-0.15, -0.1) is 10.2 Å². The fraction of sp³-hybridized carbons (Fsp3) is 0.250. The predicted octanol–water partition coefficient (Wildman–Crippen LogP) is 4.27. The number of anilines is 2. The Kier molecular flexibility index (Phi) is 6.44. The van der Waals surface area contributed by atoms with Crippen molar-refractivity contribution in [2.75, 3.05) is 15.9 Å². The van der Waals surface area contributed by atoms with Gasteiger partial charge in [0.25, 0.3) is 0 Å². The molecule has 158 valence electrons. The maximum absolute atomic E-state index is 12.8. The normalized spacial score (nSPS) is 12.4. The summed E-state index contributed by atoms with van der Waals surface area (Å²) in [6.45, 7) is 5.26. The SMILES string of the molecule is Cc1ccc(-c2nnc(NC(=O)[C@@H](C)N(c3cc(Cl)ccc3C)S(C)(=O)=O)s2)cc1. The highest BCUT2D eigenvalue weighted by Crippen LogP contribution is 2.30. The molecular formula is C20H21ClN4O3S2. The van der Waals surface area contributed by atoms with E-state index in [4.69, 9.17) is 11.6 Å². The van der Waals surface area contributed by atoms with Crippen LogP contribution in [0.15, 0.2) is 42.5 Å². The molecule has 1 N–H and O–H groups in total. The van der Waals surface area contributed by atoms with E-state index >= 15 is 0 Å². The van der Waals surface area contributed by atoms with Crippen molar-refractivity contribution >= 4 is 49.7 Å². The second kappa shape index (κ2) is 8.71. The van der Waals surface area contributed by atoms with E-state index in [-0.39, 0.29) is 0 Å². The van der Waals surface area contributed by atoms with Gasteiger partial charge in [-0.1, -0.05) is 58.8 Å². The van der Waals surface area contributed by atoms with Crippen LogP contribution < -0.4 is 9.62 Å². The number of amides is 1. The summed E-state index contributed by atoms with van der Waals surface area (Å²) in [5, 5.41) is 12.1. The van der Waals surface area contributed by atoms with Crippen LogP contribution in [0.2, 0.25) is 5.02 Å². The van der Waals surface area contributed by atoms with Crippen molar-refractivity contribution in [1.29, 1.82) is 0 Å². The Morgan fingerprint density at radius 3 is 2.43 bits per heavy atom. The van der Waals surface area contributed by atoms with Crippen LogP contribution in [0.1, 0.15) is 18.1 Å². The quantitative estimate of drug-likeness (QED) is 0.588. The summed E-state index contributed by atoms with van der Waals surface area (Å²) in [7, 11) is -3.75. The Balaban J connectivity index is 1.84. The number of nitrogens with one attached hydrogen (secondary N) is 1. The van der Waals surface area contributed by atoms with Gasteiger partial charge >= 0.3 is 0 Å². The van der Waals surface area contributed by atoms with Gasteiger partial charge in [0.1, 0.15) is 11.0 Å². The fourth-order valence-corrected chi connectivity index (χ4v) is 5.04. The van der Waals surface area contributed by atoms with Crippen LogP contribution in [0, 0.1) is 13.8 Å². The molecule has 0 aliphatic rings. The summed E-state index contributed by atoms with van der Waals surface area (Å²) in [5.74, 6) is -0.522. The van der Waals surface area contributed by atoms with E-state index in [0.29, 0.717) is 26.4 Å². The summed E-state index contributed by atoms with van der Waals surface area (Å²) in [5.41, 5.74) is 3.05. The van der Waals surface area contributed by atoms with Crippen molar-refractivity contribution in [1.82, 2.24) is 10.2 Å². The zero-order valence-corrected chi connectivity index (χ0v) is 19.3. The second-order valence-corrected chi connectivity index (χ2v) is 10.2. The minimum Gasteiger partial charge on any atom is -0.299 e. The molecule has 0 bridgehead atoms. The van der Waals surface area contributed by atoms with Gasteiger partial charge in [0.15, 0.2) is 0 Å². The number of rotatable bonds is 6. The first-order valence-electron chi connectivity index (χ1n) is 9.03. The monoisotopic (exact) mass is 464 g/mol. The number of aromatic nitrogens is 2. The lowest BCUT2D eigenvalue weighted by Gasteiger charge is -2.29.